The van der Waals surface area contributed by atoms with Crippen LogP contribution in [0.2, 0.25) is 0 Å². The first-order chi connectivity index (χ1) is 15.2. The first-order valence-electron chi connectivity index (χ1n) is 10.0. The summed E-state index contributed by atoms with van der Waals surface area (Å²) in [6.45, 7) is 1.39. The second-order valence-electron chi connectivity index (χ2n) is 7.31. The van der Waals surface area contributed by atoms with Crippen LogP contribution in [0, 0.1) is 0 Å². The number of carboxylic acids is 1. The van der Waals surface area contributed by atoms with Crippen LogP contribution in [-0.2, 0) is 23.8 Å². The lowest BCUT2D eigenvalue weighted by atomic mass is 9.99. The van der Waals surface area contributed by atoms with Gasteiger partial charge in [-0.2, -0.15) is 0 Å². The molecule has 11 nitrogen and oxygen atoms in total. The summed E-state index contributed by atoms with van der Waals surface area (Å²) in [7, 11) is 0. The molecule has 1 fully saturated rings. The number of cyclic esters (lactones) is 1. The Kier molecular flexibility index (Phi) is 7.46. The number of rotatable bonds is 8. The number of carbonyl (C=O) groups excluding carboxylic acids is 2. The van der Waals surface area contributed by atoms with Crippen molar-refractivity contribution in [1.29, 1.82) is 0 Å². The zero-order valence-corrected chi connectivity index (χ0v) is 17.2. The molecule has 0 bridgehead atoms. The smallest absolute Gasteiger partial charge is 0.348 e. The van der Waals surface area contributed by atoms with E-state index in [0.717, 1.165) is 6.42 Å². The minimum Gasteiger partial charge on any atom is -0.481 e. The van der Waals surface area contributed by atoms with Crippen LogP contribution in [0.15, 0.2) is 24.3 Å². The zero-order chi connectivity index (χ0) is 23.4. The predicted molar refractivity (Wildman–Crippen MR) is 105 cm³/mol. The number of hydrogen-bond acceptors (Lipinski definition) is 10. The summed E-state index contributed by atoms with van der Waals surface area (Å²) >= 11 is 0. The number of aliphatic carboxylic acids is 1. The van der Waals surface area contributed by atoms with Gasteiger partial charge in [-0.15, -0.1) is 0 Å². The summed E-state index contributed by atoms with van der Waals surface area (Å²) in [4.78, 5) is 34.4. The van der Waals surface area contributed by atoms with Crippen LogP contribution in [0.25, 0.3) is 5.76 Å². The third-order valence-corrected chi connectivity index (χ3v) is 4.93. The van der Waals surface area contributed by atoms with Gasteiger partial charge in [0.25, 0.3) is 0 Å². The van der Waals surface area contributed by atoms with Gasteiger partial charge in [0.15, 0.2) is 0 Å². The minimum absolute atomic E-state index is 0.0293. The number of allylic oxidation sites excluding steroid dienone is 1. The van der Waals surface area contributed by atoms with E-state index in [-0.39, 0.29) is 11.3 Å². The second-order valence-corrected chi connectivity index (χ2v) is 7.31. The summed E-state index contributed by atoms with van der Waals surface area (Å²) in [6.07, 6.45) is -5.46. The molecular weight excluding hydrogens is 428 g/mol. The Balaban J connectivity index is 1.77. The third kappa shape index (κ3) is 5.07. The van der Waals surface area contributed by atoms with E-state index in [1.807, 2.05) is 6.92 Å². The van der Waals surface area contributed by atoms with E-state index < -0.39 is 61.6 Å². The SMILES string of the molecule is CCCC=C1OC(=O)c2c(O[C@@H]3O[C@H](COC(=O)CC(=O)O)[C@@H](O)[C@H](O)[C@H]3O)cccc21. The first kappa shape index (κ1) is 23.7. The van der Waals surface area contributed by atoms with E-state index in [1.54, 1.807) is 18.2 Å². The van der Waals surface area contributed by atoms with Crippen LogP contribution < -0.4 is 4.74 Å². The van der Waals surface area contributed by atoms with Gasteiger partial charge in [-0.05, 0) is 18.6 Å². The van der Waals surface area contributed by atoms with Crippen LogP contribution in [0.3, 0.4) is 0 Å². The Hall–Kier alpha value is -2.99. The van der Waals surface area contributed by atoms with Crippen molar-refractivity contribution >= 4 is 23.7 Å². The number of aliphatic hydroxyl groups is 3. The molecule has 0 unspecified atom stereocenters. The molecule has 2 aliphatic heterocycles. The lowest BCUT2D eigenvalue weighted by Crippen LogP contribution is -2.60. The molecule has 0 aliphatic carbocycles. The van der Waals surface area contributed by atoms with E-state index in [9.17, 15) is 29.7 Å². The molecule has 5 atom stereocenters. The van der Waals surface area contributed by atoms with Crippen molar-refractivity contribution in [3.05, 3.63) is 35.4 Å². The van der Waals surface area contributed by atoms with Gasteiger partial charge in [0.1, 0.15) is 54.5 Å². The molecule has 0 spiro atoms. The number of benzene rings is 1. The monoisotopic (exact) mass is 452 g/mol. The van der Waals surface area contributed by atoms with E-state index in [0.29, 0.717) is 17.7 Å². The molecule has 0 aromatic heterocycles. The number of ether oxygens (including phenoxy) is 4. The molecule has 1 aromatic rings. The van der Waals surface area contributed by atoms with Crippen LogP contribution >= 0.6 is 0 Å². The largest absolute Gasteiger partial charge is 0.481 e. The fourth-order valence-corrected chi connectivity index (χ4v) is 3.30. The first-order valence-corrected chi connectivity index (χ1v) is 10.0. The van der Waals surface area contributed by atoms with Crippen LogP contribution in [0.4, 0.5) is 0 Å². The lowest BCUT2D eigenvalue weighted by Gasteiger charge is -2.40. The predicted octanol–water partition coefficient (Wildman–Crippen LogP) is 0.202. The van der Waals surface area contributed by atoms with Gasteiger partial charge in [-0.25, -0.2) is 4.79 Å². The van der Waals surface area contributed by atoms with Crippen molar-refractivity contribution in [2.45, 2.75) is 56.9 Å². The molecule has 4 N–H and O–H groups in total. The van der Waals surface area contributed by atoms with Crippen molar-refractivity contribution in [2.24, 2.45) is 0 Å². The van der Waals surface area contributed by atoms with Crippen LogP contribution in [0.1, 0.15) is 42.1 Å². The Morgan fingerprint density at radius 2 is 1.91 bits per heavy atom. The molecule has 174 valence electrons. The number of carboxylic acid groups (broad SMARTS) is 1. The molecule has 2 aliphatic rings. The quantitative estimate of drug-likeness (QED) is 0.314. The van der Waals surface area contributed by atoms with Crippen molar-refractivity contribution in [2.75, 3.05) is 6.61 Å². The minimum atomic E-state index is -1.72. The lowest BCUT2D eigenvalue weighted by molar-refractivity contribution is -0.278. The number of fused-ring (bicyclic) bond motifs is 1. The highest BCUT2D eigenvalue weighted by Gasteiger charge is 2.46. The summed E-state index contributed by atoms with van der Waals surface area (Å²) in [6, 6.07) is 4.75. The van der Waals surface area contributed by atoms with Crippen molar-refractivity contribution < 1.29 is 53.8 Å². The molecule has 11 heteroatoms. The van der Waals surface area contributed by atoms with E-state index in [4.69, 9.17) is 24.1 Å². The maximum Gasteiger partial charge on any atom is 0.348 e. The number of carbonyl (C=O) groups is 3. The van der Waals surface area contributed by atoms with Crippen molar-refractivity contribution in [1.82, 2.24) is 0 Å². The summed E-state index contributed by atoms with van der Waals surface area (Å²) in [5.74, 6) is -2.69. The Morgan fingerprint density at radius 3 is 2.59 bits per heavy atom. The number of aliphatic hydroxyl groups excluding tert-OH is 3. The maximum absolute atomic E-state index is 12.4. The fourth-order valence-electron chi connectivity index (χ4n) is 3.30. The maximum atomic E-state index is 12.4. The molecule has 0 amide bonds. The molecule has 1 saturated heterocycles. The Labute approximate surface area is 182 Å². The number of esters is 2. The molecule has 0 radical (unpaired) electrons. The molecule has 32 heavy (non-hydrogen) atoms. The summed E-state index contributed by atoms with van der Waals surface area (Å²) in [5.41, 5.74) is 0.627. The molecule has 0 saturated carbocycles. The molecule has 3 rings (SSSR count). The van der Waals surface area contributed by atoms with Crippen molar-refractivity contribution in [3.63, 3.8) is 0 Å². The standard InChI is InChI=1S/C21H24O11/c1-2-3-6-11-10-5-4-7-12(16(10)20(28)30-11)31-21-19(27)18(26)17(25)13(32-21)9-29-15(24)8-14(22)23/h4-7,13,17-19,21,25-27H,2-3,8-9H2,1H3,(H,22,23)/t13-,17-,18+,19-,21-/m1/s1. The summed E-state index contributed by atoms with van der Waals surface area (Å²) in [5, 5.41) is 39.2. The average Bonchev–Trinajstić information content (AvgIpc) is 3.07. The number of unbranched alkanes of at least 4 members (excludes halogenated alkanes) is 1. The van der Waals surface area contributed by atoms with Gasteiger partial charge < -0.3 is 39.4 Å². The van der Waals surface area contributed by atoms with Gasteiger partial charge in [0.05, 0.1) is 0 Å². The van der Waals surface area contributed by atoms with Gasteiger partial charge in [-0.1, -0.05) is 25.5 Å². The highest BCUT2D eigenvalue weighted by atomic mass is 16.7. The Morgan fingerprint density at radius 1 is 1.16 bits per heavy atom. The van der Waals surface area contributed by atoms with Crippen LogP contribution in [0.5, 0.6) is 5.75 Å². The molecule has 1 aromatic carbocycles. The average molecular weight is 452 g/mol. The topological polar surface area (TPSA) is 169 Å². The molecular formula is C21H24O11. The normalized spacial score (nSPS) is 28.2. The molecule has 2 heterocycles. The van der Waals surface area contributed by atoms with Gasteiger partial charge >= 0.3 is 17.9 Å². The van der Waals surface area contributed by atoms with Gasteiger partial charge in [-0.3, -0.25) is 9.59 Å². The highest BCUT2D eigenvalue weighted by molar-refractivity contribution is 6.05. The van der Waals surface area contributed by atoms with Gasteiger partial charge in [0.2, 0.25) is 6.29 Å². The third-order valence-electron chi connectivity index (χ3n) is 4.93. The van der Waals surface area contributed by atoms with Crippen molar-refractivity contribution in [3.8, 4) is 5.75 Å². The Bertz CT molecular complexity index is 909. The summed E-state index contributed by atoms with van der Waals surface area (Å²) < 4.78 is 21.1. The number of hydrogen-bond donors (Lipinski definition) is 4. The van der Waals surface area contributed by atoms with E-state index in [2.05, 4.69) is 0 Å². The van der Waals surface area contributed by atoms with E-state index in [1.165, 1.54) is 6.07 Å². The highest BCUT2D eigenvalue weighted by Crippen LogP contribution is 2.37. The van der Waals surface area contributed by atoms with Crippen LogP contribution in [-0.4, -0.2) is 75.6 Å². The second kappa shape index (κ2) is 10.1. The van der Waals surface area contributed by atoms with Gasteiger partial charge in [0, 0.05) is 5.56 Å². The van der Waals surface area contributed by atoms with E-state index >= 15 is 0 Å². The zero-order valence-electron chi connectivity index (χ0n) is 17.2. The fraction of sp³-hybridized carbons (Fsp3) is 0.476.